The molecule has 3 heteroatoms. The highest BCUT2D eigenvalue weighted by Crippen LogP contribution is 2.28. The average molecular weight is 206 g/mol. The van der Waals surface area contributed by atoms with Crippen molar-refractivity contribution in [2.75, 3.05) is 0 Å². The first-order valence-electron chi connectivity index (χ1n) is 4.95. The lowest BCUT2D eigenvalue weighted by molar-refractivity contribution is 0.829. The van der Waals surface area contributed by atoms with Gasteiger partial charge in [-0.1, -0.05) is 20.8 Å². The number of pyridine rings is 1. The molecule has 0 saturated heterocycles. The summed E-state index contributed by atoms with van der Waals surface area (Å²) in [6.07, 6.45) is 3.03. The lowest BCUT2D eigenvalue weighted by Gasteiger charge is -2.06. The van der Waals surface area contributed by atoms with Crippen molar-refractivity contribution >= 4 is 21.6 Å². The smallest absolute Gasteiger partial charge is 0.103 e. The molecule has 0 saturated carbocycles. The SMILES string of the molecule is CCc1cnc(C(C)C)c2ncsc12. The number of aromatic nitrogens is 2. The van der Waals surface area contributed by atoms with Crippen LogP contribution < -0.4 is 0 Å². The number of aryl methyl sites for hydroxylation is 1. The molecule has 2 aromatic heterocycles. The summed E-state index contributed by atoms with van der Waals surface area (Å²) in [5, 5.41) is 0. The standard InChI is InChI=1S/C11H14N2S/c1-4-8-5-12-9(7(2)3)10-11(8)14-6-13-10/h5-7H,4H2,1-3H3. The summed E-state index contributed by atoms with van der Waals surface area (Å²) in [4.78, 5) is 8.90. The molecule has 0 spiro atoms. The molecular weight excluding hydrogens is 192 g/mol. The van der Waals surface area contributed by atoms with E-state index >= 15 is 0 Å². The van der Waals surface area contributed by atoms with Crippen molar-refractivity contribution in [3.05, 3.63) is 23.0 Å². The second-order valence-corrected chi connectivity index (χ2v) is 4.56. The van der Waals surface area contributed by atoms with Gasteiger partial charge in [-0.3, -0.25) is 4.98 Å². The van der Waals surface area contributed by atoms with E-state index in [-0.39, 0.29) is 0 Å². The van der Waals surface area contributed by atoms with Gasteiger partial charge in [-0.25, -0.2) is 4.98 Å². The van der Waals surface area contributed by atoms with Crippen molar-refractivity contribution in [3.63, 3.8) is 0 Å². The van der Waals surface area contributed by atoms with E-state index in [0.717, 1.165) is 17.6 Å². The van der Waals surface area contributed by atoms with E-state index in [4.69, 9.17) is 0 Å². The molecule has 0 amide bonds. The molecule has 0 N–H and O–H groups in total. The number of hydrogen-bond donors (Lipinski definition) is 0. The molecule has 0 aliphatic carbocycles. The molecule has 2 aromatic rings. The van der Waals surface area contributed by atoms with Crippen LogP contribution in [0.3, 0.4) is 0 Å². The van der Waals surface area contributed by atoms with E-state index in [1.165, 1.54) is 10.3 Å². The molecule has 0 aliphatic heterocycles. The molecule has 2 rings (SSSR count). The van der Waals surface area contributed by atoms with E-state index in [2.05, 4.69) is 30.7 Å². The zero-order valence-electron chi connectivity index (χ0n) is 8.74. The van der Waals surface area contributed by atoms with Crippen LogP contribution in [-0.4, -0.2) is 9.97 Å². The number of thiazole rings is 1. The minimum atomic E-state index is 0.450. The van der Waals surface area contributed by atoms with Gasteiger partial charge >= 0.3 is 0 Å². The van der Waals surface area contributed by atoms with Crippen LogP contribution in [0, 0.1) is 0 Å². The Labute approximate surface area is 88.0 Å². The van der Waals surface area contributed by atoms with Gasteiger partial charge in [0.05, 0.1) is 15.9 Å². The minimum Gasteiger partial charge on any atom is -0.258 e. The molecule has 0 radical (unpaired) electrons. The minimum absolute atomic E-state index is 0.450. The van der Waals surface area contributed by atoms with Crippen molar-refractivity contribution in [3.8, 4) is 0 Å². The third-order valence-corrected chi connectivity index (χ3v) is 3.29. The first kappa shape index (κ1) is 9.59. The maximum Gasteiger partial charge on any atom is 0.103 e. The van der Waals surface area contributed by atoms with Gasteiger partial charge < -0.3 is 0 Å². The zero-order chi connectivity index (χ0) is 10.1. The maximum atomic E-state index is 4.49. The molecule has 0 fully saturated rings. The normalized spacial score (nSPS) is 11.4. The molecule has 74 valence electrons. The van der Waals surface area contributed by atoms with Crippen LogP contribution in [0.2, 0.25) is 0 Å². The van der Waals surface area contributed by atoms with Gasteiger partial charge in [-0.05, 0) is 17.9 Å². The lowest BCUT2D eigenvalue weighted by Crippen LogP contribution is -1.95. The third kappa shape index (κ3) is 1.42. The largest absolute Gasteiger partial charge is 0.258 e. The highest BCUT2D eigenvalue weighted by atomic mass is 32.1. The fourth-order valence-corrected chi connectivity index (χ4v) is 2.48. The first-order valence-corrected chi connectivity index (χ1v) is 5.83. The van der Waals surface area contributed by atoms with Gasteiger partial charge in [-0.2, -0.15) is 0 Å². The summed E-state index contributed by atoms with van der Waals surface area (Å²) in [6, 6.07) is 0. The Morgan fingerprint density at radius 2 is 2.14 bits per heavy atom. The zero-order valence-corrected chi connectivity index (χ0v) is 9.56. The van der Waals surface area contributed by atoms with Crippen LogP contribution >= 0.6 is 11.3 Å². The van der Waals surface area contributed by atoms with E-state index in [0.29, 0.717) is 5.92 Å². The van der Waals surface area contributed by atoms with Gasteiger partial charge in [0.1, 0.15) is 5.52 Å². The second kappa shape index (κ2) is 3.65. The summed E-state index contributed by atoms with van der Waals surface area (Å²) >= 11 is 1.72. The Kier molecular flexibility index (Phi) is 2.50. The van der Waals surface area contributed by atoms with E-state index in [1.807, 2.05) is 11.7 Å². The summed E-state index contributed by atoms with van der Waals surface area (Å²) < 4.78 is 1.31. The van der Waals surface area contributed by atoms with Gasteiger partial charge in [0, 0.05) is 6.20 Å². The highest BCUT2D eigenvalue weighted by molar-refractivity contribution is 7.17. The Bertz CT molecular complexity index is 445. The van der Waals surface area contributed by atoms with Crippen molar-refractivity contribution < 1.29 is 0 Å². The number of nitrogens with zero attached hydrogens (tertiary/aromatic N) is 2. The molecule has 0 unspecified atom stereocenters. The second-order valence-electron chi connectivity index (χ2n) is 3.71. The van der Waals surface area contributed by atoms with Crippen molar-refractivity contribution in [1.82, 2.24) is 9.97 Å². The van der Waals surface area contributed by atoms with E-state index in [9.17, 15) is 0 Å². The molecule has 0 bridgehead atoms. The molecule has 0 aromatic carbocycles. The van der Waals surface area contributed by atoms with Gasteiger partial charge in [0.2, 0.25) is 0 Å². The number of hydrogen-bond acceptors (Lipinski definition) is 3. The highest BCUT2D eigenvalue weighted by Gasteiger charge is 2.11. The topological polar surface area (TPSA) is 25.8 Å². The van der Waals surface area contributed by atoms with Crippen LogP contribution in [0.1, 0.15) is 37.9 Å². The maximum absolute atomic E-state index is 4.49. The van der Waals surface area contributed by atoms with Crippen LogP contribution in [0.25, 0.3) is 10.2 Å². The fraction of sp³-hybridized carbons (Fsp3) is 0.455. The average Bonchev–Trinajstić information content (AvgIpc) is 2.64. The van der Waals surface area contributed by atoms with E-state index < -0.39 is 0 Å². The predicted molar refractivity (Wildman–Crippen MR) is 60.9 cm³/mol. The monoisotopic (exact) mass is 206 g/mol. The Morgan fingerprint density at radius 3 is 2.79 bits per heavy atom. The van der Waals surface area contributed by atoms with Crippen LogP contribution in [0.4, 0.5) is 0 Å². The van der Waals surface area contributed by atoms with Crippen LogP contribution in [0.5, 0.6) is 0 Å². The quantitative estimate of drug-likeness (QED) is 0.752. The van der Waals surface area contributed by atoms with Crippen molar-refractivity contribution in [2.24, 2.45) is 0 Å². The molecular formula is C11H14N2S. The Morgan fingerprint density at radius 1 is 1.36 bits per heavy atom. The van der Waals surface area contributed by atoms with Crippen LogP contribution in [-0.2, 0) is 6.42 Å². The fourth-order valence-electron chi connectivity index (χ4n) is 1.60. The summed E-state index contributed by atoms with van der Waals surface area (Å²) in [5.41, 5.74) is 5.45. The molecule has 2 nitrogen and oxygen atoms in total. The van der Waals surface area contributed by atoms with Crippen molar-refractivity contribution in [1.29, 1.82) is 0 Å². The van der Waals surface area contributed by atoms with Gasteiger partial charge in [-0.15, -0.1) is 11.3 Å². The van der Waals surface area contributed by atoms with Crippen molar-refractivity contribution in [2.45, 2.75) is 33.1 Å². The summed E-state index contributed by atoms with van der Waals surface area (Å²) in [6.45, 7) is 6.48. The van der Waals surface area contributed by atoms with Crippen LogP contribution in [0.15, 0.2) is 11.7 Å². The lowest BCUT2D eigenvalue weighted by atomic mass is 10.1. The summed E-state index contributed by atoms with van der Waals surface area (Å²) in [5.74, 6) is 0.450. The van der Waals surface area contributed by atoms with Gasteiger partial charge in [0.25, 0.3) is 0 Å². The number of fused-ring (bicyclic) bond motifs is 1. The molecule has 14 heavy (non-hydrogen) atoms. The molecule has 2 heterocycles. The predicted octanol–water partition coefficient (Wildman–Crippen LogP) is 3.38. The Hall–Kier alpha value is -0.960. The van der Waals surface area contributed by atoms with E-state index in [1.54, 1.807) is 11.3 Å². The number of rotatable bonds is 2. The third-order valence-electron chi connectivity index (χ3n) is 2.39. The summed E-state index contributed by atoms with van der Waals surface area (Å²) in [7, 11) is 0. The van der Waals surface area contributed by atoms with Gasteiger partial charge in [0.15, 0.2) is 0 Å². The first-order chi connectivity index (χ1) is 6.74. The molecule has 0 atom stereocenters. The Balaban J connectivity index is 2.72. The molecule has 0 aliphatic rings.